The maximum atomic E-state index is 9.25. The maximum Gasteiger partial charge on any atom is 0.133 e. The number of hydrogen-bond donors (Lipinski definition) is 3. The highest BCUT2D eigenvalue weighted by Gasteiger charge is 2.10. The Morgan fingerprint density at radius 2 is 1.96 bits per heavy atom. The van der Waals surface area contributed by atoms with E-state index in [0.717, 1.165) is 54.3 Å². The molecule has 0 bridgehead atoms. The zero-order valence-corrected chi connectivity index (χ0v) is 18.8. The fraction of sp³-hybridized carbons (Fsp3) is 0.522. The van der Waals surface area contributed by atoms with Crippen molar-refractivity contribution >= 4 is 18.5 Å². The fourth-order valence-corrected chi connectivity index (χ4v) is 3.32. The third-order valence-corrected chi connectivity index (χ3v) is 4.84. The average Bonchev–Trinajstić information content (AvgIpc) is 2.67. The molecule has 156 valence electrons. The number of amidine groups is 1. The number of benzene rings is 1. The monoisotopic (exact) mass is 403 g/mol. The first kappa shape index (κ1) is 24.5. The minimum Gasteiger partial charge on any atom is -0.395 e. The molecule has 0 amide bonds. The van der Waals surface area contributed by atoms with Crippen molar-refractivity contribution in [2.24, 2.45) is 4.99 Å². The predicted octanol–water partition coefficient (Wildman–Crippen LogP) is 4.67. The van der Waals surface area contributed by atoms with E-state index in [-0.39, 0.29) is 6.61 Å². The van der Waals surface area contributed by atoms with Crippen LogP contribution < -0.4 is 5.32 Å². The molecule has 0 saturated carbocycles. The highest BCUT2D eigenvalue weighted by molar-refractivity contribution is 7.80. The molecule has 0 fully saturated rings. The van der Waals surface area contributed by atoms with Gasteiger partial charge in [-0.1, -0.05) is 49.8 Å². The number of hydrogen-bond acceptors (Lipinski definition) is 4. The molecule has 0 aliphatic heterocycles. The van der Waals surface area contributed by atoms with Gasteiger partial charge in [0.1, 0.15) is 5.84 Å². The van der Waals surface area contributed by atoms with Gasteiger partial charge in [0.25, 0.3) is 0 Å². The van der Waals surface area contributed by atoms with Gasteiger partial charge in [0.05, 0.1) is 13.2 Å². The van der Waals surface area contributed by atoms with Crippen LogP contribution in [0.4, 0.5) is 0 Å². The highest BCUT2D eigenvalue weighted by Crippen LogP contribution is 2.16. The smallest absolute Gasteiger partial charge is 0.133 e. The molecular weight excluding hydrogens is 366 g/mol. The van der Waals surface area contributed by atoms with Gasteiger partial charge in [-0.05, 0) is 39.3 Å². The largest absolute Gasteiger partial charge is 0.395 e. The summed E-state index contributed by atoms with van der Waals surface area (Å²) in [7, 11) is 0. The third kappa shape index (κ3) is 9.09. The lowest BCUT2D eigenvalue weighted by Gasteiger charge is -2.20. The summed E-state index contributed by atoms with van der Waals surface area (Å²) in [6, 6.07) is 8.04. The van der Waals surface area contributed by atoms with Crippen LogP contribution >= 0.6 is 12.6 Å². The molecule has 1 aromatic rings. The van der Waals surface area contributed by atoms with Crippen molar-refractivity contribution in [3.63, 3.8) is 0 Å². The highest BCUT2D eigenvalue weighted by atomic mass is 32.1. The Labute approximate surface area is 176 Å². The van der Waals surface area contributed by atoms with Crippen molar-refractivity contribution < 1.29 is 5.11 Å². The summed E-state index contributed by atoms with van der Waals surface area (Å²) in [5.74, 6) is 0.850. The Morgan fingerprint density at radius 3 is 2.57 bits per heavy atom. The third-order valence-electron chi connectivity index (χ3n) is 4.45. The fourth-order valence-electron chi connectivity index (χ4n) is 3.05. The molecule has 0 unspecified atom stereocenters. The Hall–Kier alpha value is -1.56. The van der Waals surface area contributed by atoms with Gasteiger partial charge in [-0.2, -0.15) is 0 Å². The summed E-state index contributed by atoms with van der Waals surface area (Å²) in [4.78, 5) is 8.03. The summed E-state index contributed by atoms with van der Waals surface area (Å²) >= 11 is 4.63. The van der Waals surface area contributed by atoms with Crippen LogP contribution in [0.25, 0.3) is 0 Å². The van der Waals surface area contributed by atoms with Crippen LogP contribution in [0, 0.1) is 0 Å². The van der Waals surface area contributed by atoms with E-state index >= 15 is 0 Å². The number of aliphatic imine (C=N–C) groups is 1. The summed E-state index contributed by atoms with van der Waals surface area (Å²) in [5, 5.41) is 12.8. The van der Waals surface area contributed by atoms with Crippen LogP contribution in [0.5, 0.6) is 0 Å². The van der Waals surface area contributed by atoms with E-state index < -0.39 is 0 Å². The first-order valence-corrected chi connectivity index (χ1v) is 10.7. The predicted molar refractivity (Wildman–Crippen MR) is 124 cm³/mol. The van der Waals surface area contributed by atoms with Gasteiger partial charge in [-0.25, -0.2) is 0 Å². The van der Waals surface area contributed by atoms with Gasteiger partial charge < -0.3 is 10.4 Å². The molecule has 1 rings (SSSR count). The first-order valence-electron chi connectivity index (χ1n) is 10.3. The second-order valence-corrected chi connectivity index (χ2v) is 7.37. The van der Waals surface area contributed by atoms with Crippen molar-refractivity contribution in [2.45, 2.75) is 51.9 Å². The molecule has 0 aliphatic rings. The first-order chi connectivity index (χ1) is 13.5. The van der Waals surface area contributed by atoms with Crippen LogP contribution in [-0.2, 0) is 0 Å². The molecule has 0 spiro atoms. The molecule has 5 heteroatoms. The Morgan fingerprint density at radius 1 is 1.21 bits per heavy atom. The molecule has 0 heterocycles. The van der Waals surface area contributed by atoms with Crippen LogP contribution in [-0.4, -0.2) is 48.6 Å². The number of allylic oxidation sites excluding steroid dienone is 3. The van der Waals surface area contributed by atoms with E-state index in [9.17, 15) is 5.11 Å². The number of nitrogens with zero attached hydrogens (tertiary/aromatic N) is 2. The van der Waals surface area contributed by atoms with Gasteiger partial charge in [0.15, 0.2) is 0 Å². The molecule has 1 aromatic carbocycles. The van der Waals surface area contributed by atoms with Gasteiger partial charge in [-0.3, -0.25) is 9.89 Å². The number of rotatable bonds is 12. The van der Waals surface area contributed by atoms with E-state index in [0.29, 0.717) is 13.1 Å². The second-order valence-electron chi connectivity index (χ2n) is 6.89. The lowest BCUT2D eigenvalue weighted by molar-refractivity contribution is 0.199. The van der Waals surface area contributed by atoms with Crippen LogP contribution in [0.3, 0.4) is 0 Å². The van der Waals surface area contributed by atoms with Crippen molar-refractivity contribution in [3.8, 4) is 0 Å². The molecule has 0 aliphatic carbocycles. The zero-order valence-electron chi connectivity index (χ0n) is 17.9. The van der Waals surface area contributed by atoms with Gasteiger partial charge in [-0.15, -0.1) is 12.6 Å². The van der Waals surface area contributed by atoms with Gasteiger partial charge in [0, 0.05) is 35.7 Å². The minimum atomic E-state index is 0.181. The van der Waals surface area contributed by atoms with Crippen LogP contribution in [0.1, 0.15) is 52.5 Å². The molecular formula is C23H37N3OS. The van der Waals surface area contributed by atoms with Crippen LogP contribution in [0.2, 0.25) is 0 Å². The van der Waals surface area contributed by atoms with Gasteiger partial charge in [0.2, 0.25) is 0 Å². The summed E-state index contributed by atoms with van der Waals surface area (Å²) in [6.45, 7) is 11.9. The molecule has 28 heavy (non-hydrogen) atoms. The molecule has 2 N–H and O–H groups in total. The Bertz CT molecular complexity index is 662. The minimum absolute atomic E-state index is 0.181. The van der Waals surface area contributed by atoms with E-state index in [4.69, 9.17) is 4.99 Å². The van der Waals surface area contributed by atoms with Crippen molar-refractivity contribution in [1.82, 2.24) is 10.2 Å². The number of aliphatic hydroxyl groups excluding tert-OH is 1. The lowest BCUT2D eigenvalue weighted by atomic mass is 10.1. The van der Waals surface area contributed by atoms with Crippen LogP contribution in [0.15, 0.2) is 57.6 Å². The number of nitrogens with one attached hydrogen (secondary N) is 1. The summed E-state index contributed by atoms with van der Waals surface area (Å²) in [5.41, 5.74) is 3.49. The lowest BCUT2D eigenvalue weighted by Crippen LogP contribution is -2.31. The van der Waals surface area contributed by atoms with E-state index in [1.807, 2.05) is 24.3 Å². The molecule has 0 saturated heterocycles. The second kappa shape index (κ2) is 14.4. The Kier molecular flexibility index (Phi) is 12.6. The Balaban J connectivity index is 2.99. The number of aliphatic hydroxyl groups is 1. The molecule has 0 aromatic heterocycles. The van der Waals surface area contributed by atoms with Gasteiger partial charge >= 0.3 is 0 Å². The molecule has 4 nitrogen and oxygen atoms in total. The topological polar surface area (TPSA) is 47.9 Å². The van der Waals surface area contributed by atoms with E-state index in [2.05, 4.69) is 62.7 Å². The normalized spacial score (nSPS) is 13.3. The SMILES string of the molecule is C/C=C(\C/C(C)=C\CC)NC(=NCCN(CCC)CCO)c1ccccc1S. The summed E-state index contributed by atoms with van der Waals surface area (Å²) in [6.07, 6.45) is 7.36. The van der Waals surface area contributed by atoms with E-state index in [1.165, 1.54) is 5.57 Å². The molecule has 0 atom stereocenters. The quantitative estimate of drug-likeness (QED) is 0.206. The zero-order chi connectivity index (χ0) is 20.8. The summed E-state index contributed by atoms with van der Waals surface area (Å²) < 4.78 is 0. The van der Waals surface area contributed by atoms with Crippen molar-refractivity contribution in [3.05, 3.63) is 53.3 Å². The number of thiol groups is 1. The van der Waals surface area contributed by atoms with Crippen molar-refractivity contribution in [2.75, 3.05) is 32.8 Å². The molecule has 0 radical (unpaired) electrons. The van der Waals surface area contributed by atoms with E-state index in [1.54, 1.807) is 0 Å². The maximum absolute atomic E-state index is 9.25. The standard InChI is InChI=1S/C23H37N3OS/c1-5-10-19(4)18-20(7-3)25-23(21-11-8-9-12-22(21)28)24-13-15-26(14-6-2)16-17-27/h7-12,27-28H,5-6,13-18H2,1-4H3,(H,24,25)/b19-10-,20-7+. The average molecular weight is 404 g/mol. The van der Waals surface area contributed by atoms with Crippen molar-refractivity contribution in [1.29, 1.82) is 0 Å².